The standard InChI is InChI=1S/C12H18ClN3O/c1-9(14)11-8-16(5-6-17-11)7-10-3-2-4-12(13)15-10/h2-4,9,11H,5-8,14H2,1H3. The predicted molar refractivity (Wildman–Crippen MR) is 67.9 cm³/mol. The van der Waals surface area contributed by atoms with Gasteiger partial charge in [0.25, 0.3) is 0 Å². The van der Waals surface area contributed by atoms with E-state index in [0.717, 1.165) is 31.9 Å². The van der Waals surface area contributed by atoms with Gasteiger partial charge in [-0.1, -0.05) is 17.7 Å². The maximum atomic E-state index is 5.87. The van der Waals surface area contributed by atoms with Crippen molar-refractivity contribution in [2.45, 2.75) is 25.6 Å². The molecule has 1 saturated heterocycles. The van der Waals surface area contributed by atoms with E-state index in [1.165, 1.54) is 0 Å². The van der Waals surface area contributed by atoms with Gasteiger partial charge in [0, 0.05) is 25.7 Å². The Bertz CT molecular complexity index is 373. The van der Waals surface area contributed by atoms with Gasteiger partial charge in [0.1, 0.15) is 5.15 Å². The topological polar surface area (TPSA) is 51.4 Å². The summed E-state index contributed by atoms with van der Waals surface area (Å²) in [5.74, 6) is 0. The van der Waals surface area contributed by atoms with Gasteiger partial charge in [0.2, 0.25) is 0 Å². The van der Waals surface area contributed by atoms with Crippen LogP contribution in [0, 0.1) is 0 Å². The van der Waals surface area contributed by atoms with Crippen LogP contribution < -0.4 is 5.73 Å². The molecule has 5 heteroatoms. The molecule has 1 aliphatic rings. The van der Waals surface area contributed by atoms with Crippen LogP contribution in [0.1, 0.15) is 12.6 Å². The molecule has 17 heavy (non-hydrogen) atoms. The minimum absolute atomic E-state index is 0.0603. The van der Waals surface area contributed by atoms with Crippen LogP contribution in [0.5, 0.6) is 0 Å². The maximum absolute atomic E-state index is 5.87. The third-order valence-corrected chi connectivity index (χ3v) is 3.13. The molecule has 2 atom stereocenters. The van der Waals surface area contributed by atoms with Crippen molar-refractivity contribution in [1.82, 2.24) is 9.88 Å². The first-order chi connectivity index (χ1) is 8.15. The van der Waals surface area contributed by atoms with E-state index < -0.39 is 0 Å². The van der Waals surface area contributed by atoms with E-state index >= 15 is 0 Å². The van der Waals surface area contributed by atoms with E-state index in [4.69, 9.17) is 22.1 Å². The number of aromatic nitrogens is 1. The third-order valence-electron chi connectivity index (χ3n) is 2.92. The highest BCUT2D eigenvalue weighted by atomic mass is 35.5. The number of halogens is 1. The third kappa shape index (κ3) is 3.64. The first-order valence-electron chi connectivity index (χ1n) is 5.86. The van der Waals surface area contributed by atoms with Crippen molar-refractivity contribution in [2.75, 3.05) is 19.7 Å². The molecule has 0 saturated carbocycles. The number of nitrogens with zero attached hydrogens (tertiary/aromatic N) is 2. The molecule has 0 bridgehead atoms. The Morgan fingerprint density at radius 3 is 3.18 bits per heavy atom. The van der Waals surface area contributed by atoms with Crippen LogP contribution in [-0.2, 0) is 11.3 Å². The van der Waals surface area contributed by atoms with Gasteiger partial charge in [-0.05, 0) is 19.1 Å². The van der Waals surface area contributed by atoms with Gasteiger partial charge in [0.15, 0.2) is 0 Å². The number of hydrogen-bond donors (Lipinski definition) is 1. The highest BCUT2D eigenvalue weighted by molar-refractivity contribution is 6.29. The zero-order valence-electron chi connectivity index (χ0n) is 9.97. The first kappa shape index (κ1) is 12.8. The van der Waals surface area contributed by atoms with Gasteiger partial charge in [-0.3, -0.25) is 4.90 Å². The molecule has 1 fully saturated rings. The number of hydrogen-bond acceptors (Lipinski definition) is 4. The number of pyridine rings is 1. The molecule has 1 aliphatic heterocycles. The summed E-state index contributed by atoms with van der Waals surface area (Å²) in [6, 6.07) is 5.76. The molecule has 2 heterocycles. The van der Waals surface area contributed by atoms with Gasteiger partial charge >= 0.3 is 0 Å². The van der Waals surface area contributed by atoms with Crippen molar-refractivity contribution in [3.63, 3.8) is 0 Å². The minimum Gasteiger partial charge on any atom is -0.374 e. The molecular weight excluding hydrogens is 238 g/mol. The highest BCUT2D eigenvalue weighted by Gasteiger charge is 2.23. The molecule has 0 aromatic carbocycles. The number of morpholine rings is 1. The van der Waals surface area contributed by atoms with Crippen LogP contribution in [-0.4, -0.2) is 41.7 Å². The summed E-state index contributed by atoms with van der Waals surface area (Å²) in [4.78, 5) is 6.59. The lowest BCUT2D eigenvalue weighted by Gasteiger charge is -2.34. The molecule has 4 nitrogen and oxygen atoms in total. The van der Waals surface area contributed by atoms with E-state index in [0.29, 0.717) is 5.15 Å². The van der Waals surface area contributed by atoms with Gasteiger partial charge in [-0.15, -0.1) is 0 Å². The van der Waals surface area contributed by atoms with E-state index in [1.807, 2.05) is 19.1 Å². The summed E-state index contributed by atoms with van der Waals surface area (Å²) in [5.41, 5.74) is 6.85. The summed E-state index contributed by atoms with van der Waals surface area (Å²) in [7, 11) is 0. The molecule has 0 spiro atoms. The largest absolute Gasteiger partial charge is 0.374 e. The second-order valence-electron chi connectivity index (χ2n) is 4.46. The number of nitrogens with two attached hydrogens (primary N) is 1. The van der Waals surface area contributed by atoms with Crippen LogP contribution in [0.25, 0.3) is 0 Å². The van der Waals surface area contributed by atoms with Crippen molar-refractivity contribution in [1.29, 1.82) is 0 Å². The van der Waals surface area contributed by atoms with Crippen LogP contribution in [0.2, 0.25) is 5.15 Å². The Labute approximate surface area is 107 Å². The summed E-state index contributed by atoms with van der Waals surface area (Å²) in [6.07, 6.45) is 0.114. The molecule has 94 valence electrons. The fraction of sp³-hybridized carbons (Fsp3) is 0.583. The lowest BCUT2D eigenvalue weighted by Crippen LogP contribution is -2.49. The van der Waals surface area contributed by atoms with Crippen molar-refractivity contribution in [2.24, 2.45) is 5.73 Å². The molecular formula is C12H18ClN3O. The fourth-order valence-electron chi connectivity index (χ4n) is 1.96. The zero-order chi connectivity index (χ0) is 12.3. The normalized spacial score (nSPS) is 23.6. The van der Waals surface area contributed by atoms with Crippen LogP contribution in [0.4, 0.5) is 0 Å². The summed E-state index contributed by atoms with van der Waals surface area (Å²) in [6.45, 7) is 5.27. The van der Waals surface area contributed by atoms with E-state index in [9.17, 15) is 0 Å². The van der Waals surface area contributed by atoms with Crippen LogP contribution >= 0.6 is 11.6 Å². The van der Waals surface area contributed by atoms with Crippen LogP contribution in [0.15, 0.2) is 18.2 Å². The van der Waals surface area contributed by atoms with Gasteiger partial charge in [-0.25, -0.2) is 4.98 Å². The average Bonchev–Trinajstić information content (AvgIpc) is 2.29. The van der Waals surface area contributed by atoms with Crippen molar-refractivity contribution >= 4 is 11.6 Å². The molecule has 2 N–H and O–H groups in total. The van der Waals surface area contributed by atoms with E-state index in [1.54, 1.807) is 6.07 Å². The quantitative estimate of drug-likeness (QED) is 0.827. The summed E-state index contributed by atoms with van der Waals surface area (Å²) >= 11 is 5.87. The minimum atomic E-state index is 0.0603. The Kier molecular flexibility index (Phi) is 4.34. The Morgan fingerprint density at radius 1 is 1.65 bits per heavy atom. The average molecular weight is 256 g/mol. The first-order valence-corrected chi connectivity index (χ1v) is 6.24. The zero-order valence-corrected chi connectivity index (χ0v) is 10.7. The molecule has 1 aromatic heterocycles. The second-order valence-corrected chi connectivity index (χ2v) is 4.84. The lowest BCUT2D eigenvalue weighted by atomic mass is 10.1. The number of ether oxygens (including phenoxy) is 1. The fourth-order valence-corrected chi connectivity index (χ4v) is 2.14. The Morgan fingerprint density at radius 2 is 2.47 bits per heavy atom. The molecule has 1 aromatic rings. The summed E-state index contributed by atoms with van der Waals surface area (Å²) < 4.78 is 5.62. The van der Waals surface area contributed by atoms with Gasteiger partial charge in [0.05, 0.1) is 18.4 Å². The lowest BCUT2D eigenvalue weighted by molar-refractivity contribution is -0.0406. The molecule has 2 unspecified atom stereocenters. The van der Waals surface area contributed by atoms with Gasteiger partial charge < -0.3 is 10.5 Å². The highest BCUT2D eigenvalue weighted by Crippen LogP contribution is 2.12. The monoisotopic (exact) mass is 255 g/mol. The molecule has 0 amide bonds. The molecule has 0 aliphatic carbocycles. The molecule has 0 radical (unpaired) electrons. The second kappa shape index (κ2) is 5.78. The maximum Gasteiger partial charge on any atom is 0.129 e. The molecule has 2 rings (SSSR count). The van der Waals surface area contributed by atoms with Crippen LogP contribution in [0.3, 0.4) is 0 Å². The summed E-state index contributed by atoms with van der Waals surface area (Å²) in [5, 5.41) is 0.541. The van der Waals surface area contributed by atoms with E-state index in [-0.39, 0.29) is 12.1 Å². The smallest absolute Gasteiger partial charge is 0.129 e. The van der Waals surface area contributed by atoms with Gasteiger partial charge in [-0.2, -0.15) is 0 Å². The predicted octanol–water partition coefficient (Wildman–Crippen LogP) is 1.28. The van der Waals surface area contributed by atoms with Crippen molar-refractivity contribution in [3.8, 4) is 0 Å². The van der Waals surface area contributed by atoms with Crippen molar-refractivity contribution in [3.05, 3.63) is 29.0 Å². The van der Waals surface area contributed by atoms with Crippen molar-refractivity contribution < 1.29 is 4.74 Å². The Hall–Kier alpha value is -0.680. The Balaban J connectivity index is 1.94. The number of rotatable bonds is 3. The SMILES string of the molecule is CC(N)C1CN(Cc2cccc(Cl)n2)CCO1. The van der Waals surface area contributed by atoms with E-state index in [2.05, 4.69) is 9.88 Å².